The van der Waals surface area contributed by atoms with Crippen LogP contribution in [0.4, 0.5) is 0 Å². The van der Waals surface area contributed by atoms with Crippen molar-refractivity contribution in [1.29, 1.82) is 0 Å². The third-order valence-electron chi connectivity index (χ3n) is 4.42. The van der Waals surface area contributed by atoms with Gasteiger partial charge in [0.05, 0.1) is 6.04 Å². The Balaban J connectivity index is 1.45. The number of benzene rings is 2. The average Bonchev–Trinajstić information content (AvgIpc) is 3.19. The summed E-state index contributed by atoms with van der Waals surface area (Å²) in [6.45, 7) is 1.69. The summed E-state index contributed by atoms with van der Waals surface area (Å²) in [6.07, 6.45) is 1.91. The molecule has 2 aromatic carbocycles. The van der Waals surface area contributed by atoms with Crippen LogP contribution in [0.15, 0.2) is 60.0 Å². The second kappa shape index (κ2) is 9.33. The molecule has 1 N–H and O–H groups in total. The van der Waals surface area contributed by atoms with E-state index in [4.69, 9.17) is 4.74 Å². The minimum Gasteiger partial charge on any atom is -0.456 e. The van der Waals surface area contributed by atoms with Crippen molar-refractivity contribution in [3.8, 4) is 0 Å². The smallest absolute Gasteiger partial charge is 0.306 e. The van der Waals surface area contributed by atoms with Gasteiger partial charge >= 0.3 is 5.97 Å². The Kier molecular flexibility index (Phi) is 6.60. The van der Waals surface area contributed by atoms with Gasteiger partial charge in [0.25, 0.3) is 5.91 Å². The van der Waals surface area contributed by atoms with Crippen molar-refractivity contribution in [2.24, 2.45) is 0 Å². The summed E-state index contributed by atoms with van der Waals surface area (Å²) in [4.78, 5) is 25.2. The van der Waals surface area contributed by atoms with E-state index in [1.807, 2.05) is 60.8 Å². The monoisotopic (exact) mass is 381 g/mol. The van der Waals surface area contributed by atoms with Gasteiger partial charge in [-0.05, 0) is 47.5 Å². The van der Waals surface area contributed by atoms with Crippen molar-refractivity contribution >= 4 is 34.0 Å². The van der Waals surface area contributed by atoms with Crippen molar-refractivity contribution in [1.82, 2.24) is 5.32 Å². The number of hydrogen-bond donors (Lipinski definition) is 1. The quantitative estimate of drug-likeness (QED) is 0.578. The zero-order valence-corrected chi connectivity index (χ0v) is 16.1. The number of ether oxygens (including phenoxy) is 1. The van der Waals surface area contributed by atoms with Crippen molar-refractivity contribution in [2.45, 2.75) is 32.2 Å². The first-order chi connectivity index (χ1) is 13.1. The molecule has 0 saturated heterocycles. The Morgan fingerprint density at radius 2 is 1.89 bits per heavy atom. The number of carbonyl (C=O) groups is 2. The van der Waals surface area contributed by atoms with Crippen LogP contribution in [0.25, 0.3) is 10.8 Å². The van der Waals surface area contributed by atoms with Crippen molar-refractivity contribution < 1.29 is 14.3 Å². The summed E-state index contributed by atoms with van der Waals surface area (Å²) in [5.41, 5.74) is 1.05. The van der Waals surface area contributed by atoms with Gasteiger partial charge in [-0.3, -0.25) is 9.59 Å². The number of thiophene rings is 1. The summed E-state index contributed by atoms with van der Waals surface area (Å²) >= 11 is 1.68. The van der Waals surface area contributed by atoms with E-state index in [-0.39, 0.29) is 24.5 Å². The Bertz CT molecular complexity index is 900. The topological polar surface area (TPSA) is 55.4 Å². The van der Waals surface area contributed by atoms with E-state index in [9.17, 15) is 9.59 Å². The van der Waals surface area contributed by atoms with Gasteiger partial charge in [-0.15, -0.1) is 11.3 Å². The van der Waals surface area contributed by atoms with Crippen molar-refractivity contribution in [3.05, 3.63) is 70.4 Å². The van der Waals surface area contributed by atoms with Gasteiger partial charge < -0.3 is 10.1 Å². The molecule has 1 aromatic heterocycles. The Labute approximate surface area is 163 Å². The van der Waals surface area contributed by atoms with Crippen molar-refractivity contribution in [2.75, 3.05) is 6.61 Å². The lowest BCUT2D eigenvalue weighted by Gasteiger charge is -2.16. The van der Waals surface area contributed by atoms with E-state index in [1.165, 1.54) is 4.88 Å². The maximum atomic E-state index is 12.1. The highest BCUT2D eigenvalue weighted by Gasteiger charge is 2.14. The Morgan fingerprint density at radius 3 is 2.70 bits per heavy atom. The molecule has 0 fully saturated rings. The number of nitrogens with one attached hydrogen (secondary N) is 1. The molecule has 140 valence electrons. The molecule has 5 heteroatoms. The molecule has 3 aromatic rings. The van der Waals surface area contributed by atoms with E-state index in [0.717, 1.165) is 29.2 Å². The molecule has 0 bridgehead atoms. The fourth-order valence-corrected chi connectivity index (χ4v) is 3.82. The second-order valence-corrected chi connectivity index (χ2v) is 7.48. The molecule has 0 saturated carbocycles. The molecule has 4 nitrogen and oxygen atoms in total. The van der Waals surface area contributed by atoms with Gasteiger partial charge in [0.1, 0.15) is 0 Å². The van der Waals surface area contributed by atoms with Crippen LogP contribution in [0, 0.1) is 0 Å². The summed E-state index contributed by atoms with van der Waals surface area (Å²) in [5, 5.41) is 7.17. The van der Waals surface area contributed by atoms with E-state index in [0.29, 0.717) is 6.42 Å². The first-order valence-corrected chi connectivity index (χ1v) is 9.96. The summed E-state index contributed by atoms with van der Waals surface area (Å²) in [5.74, 6) is -0.624. The predicted octanol–water partition coefficient (Wildman–Crippen LogP) is 4.64. The predicted molar refractivity (Wildman–Crippen MR) is 109 cm³/mol. The highest BCUT2D eigenvalue weighted by Crippen LogP contribution is 2.23. The normalized spacial score (nSPS) is 11.9. The zero-order chi connectivity index (χ0) is 19.1. The highest BCUT2D eigenvalue weighted by molar-refractivity contribution is 7.09. The Hall–Kier alpha value is -2.66. The molecule has 0 aliphatic rings. The lowest BCUT2D eigenvalue weighted by molar-refractivity contribution is -0.148. The first kappa shape index (κ1) is 19.1. The SMILES string of the molecule is C[C@H](NC(=O)COC(=O)CCCc1cccs1)c1cccc2ccccc12. The molecular weight excluding hydrogens is 358 g/mol. The summed E-state index contributed by atoms with van der Waals surface area (Å²) < 4.78 is 5.10. The van der Waals surface area contributed by atoms with Crippen LogP contribution in [-0.4, -0.2) is 18.5 Å². The number of hydrogen-bond acceptors (Lipinski definition) is 4. The number of esters is 1. The van der Waals surface area contributed by atoms with Crippen molar-refractivity contribution in [3.63, 3.8) is 0 Å². The minimum absolute atomic E-state index is 0.166. The maximum Gasteiger partial charge on any atom is 0.306 e. The molecule has 0 radical (unpaired) electrons. The Morgan fingerprint density at radius 1 is 1.07 bits per heavy atom. The average molecular weight is 381 g/mol. The molecule has 1 atom stereocenters. The molecule has 0 aliphatic heterocycles. The molecule has 27 heavy (non-hydrogen) atoms. The van der Waals surface area contributed by atoms with Gasteiger partial charge in [-0.2, -0.15) is 0 Å². The molecule has 0 spiro atoms. The van der Waals surface area contributed by atoms with Crippen LogP contribution in [0.2, 0.25) is 0 Å². The molecule has 3 rings (SSSR count). The second-order valence-electron chi connectivity index (χ2n) is 6.45. The number of fused-ring (bicyclic) bond motifs is 1. The van der Waals surface area contributed by atoms with E-state index in [2.05, 4.69) is 11.4 Å². The number of rotatable bonds is 8. The molecular formula is C22H23NO3S. The van der Waals surface area contributed by atoms with Gasteiger partial charge in [0, 0.05) is 11.3 Å². The molecule has 1 amide bonds. The van der Waals surface area contributed by atoms with Gasteiger partial charge in [-0.1, -0.05) is 48.5 Å². The van der Waals surface area contributed by atoms with Crippen LogP contribution in [0.1, 0.15) is 36.2 Å². The number of carbonyl (C=O) groups excluding carboxylic acids is 2. The van der Waals surface area contributed by atoms with Gasteiger partial charge in [0.15, 0.2) is 6.61 Å². The summed E-state index contributed by atoms with van der Waals surface area (Å²) in [7, 11) is 0. The van der Waals surface area contributed by atoms with E-state index < -0.39 is 0 Å². The van der Waals surface area contributed by atoms with E-state index in [1.54, 1.807) is 11.3 Å². The third kappa shape index (κ3) is 5.41. The first-order valence-electron chi connectivity index (χ1n) is 9.08. The minimum atomic E-state index is -0.334. The highest BCUT2D eigenvalue weighted by atomic mass is 32.1. The van der Waals surface area contributed by atoms with Crippen LogP contribution in [0.3, 0.4) is 0 Å². The van der Waals surface area contributed by atoms with Crippen LogP contribution >= 0.6 is 11.3 Å². The lowest BCUT2D eigenvalue weighted by atomic mass is 10.00. The number of aryl methyl sites for hydroxylation is 1. The largest absolute Gasteiger partial charge is 0.456 e. The standard InChI is InChI=1S/C22H23NO3S/c1-16(19-12-4-8-17-7-2-3-11-20(17)19)23-21(24)15-26-22(25)13-5-9-18-10-6-14-27-18/h2-4,6-8,10-12,14,16H,5,9,13,15H2,1H3,(H,23,24)/t16-/m0/s1. The van der Waals surface area contributed by atoms with Gasteiger partial charge in [0.2, 0.25) is 0 Å². The number of amides is 1. The lowest BCUT2D eigenvalue weighted by Crippen LogP contribution is -2.31. The fourth-order valence-electron chi connectivity index (χ4n) is 3.07. The fraction of sp³-hybridized carbons (Fsp3) is 0.273. The van der Waals surface area contributed by atoms with E-state index >= 15 is 0 Å². The maximum absolute atomic E-state index is 12.1. The van der Waals surface area contributed by atoms with Crippen LogP contribution < -0.4 is 5.32 Å². The van der Waals surface area contributed by atoms with Crippen LogP contribution in [-0.2, 0) is 20.7 Å². The zero-order valence-electron chi connectivity index (χ0n) is 15.3. The summed E-state index contributed by atoms with van der Waals surface area (Å²) in [6, 6.07) is 18.0. The molecule has 0 unspecified atom stereocenters. The van der Waals surface area contributed by atoms with Crippen LogP contribution in [0.5, 0.6) is 0 Å². The third-order valence-corrected chi connectivity index (χ3v) is 5.35. The molecule has 0 aliphatic carbocycles. The molecule has 1 heterocycles. The van der Waals surface area contributed by atoms with Gasteiger partial charge in [-0.25, -0.2) is 0 Å².